The van der Waals surface area contributed by atoms with Crippen LogP contribution in [0.4, 0.5) is 5.69 Å². The van der Waals surface area contributed by atoms with Crippen molar-refractivity contribution in [2.24, 2.45) is 0 Å². The van der Waals surface area contributed by atoms with Gasteiger partial charge >= 0.3 is 0 Å². The molecule has 1 aromatic heterocycles. The highest BCUT2D eigenvalue weighted by Gasteiger charge is 2.42. The zero-order chi connectivity index (χ0) is 11.0. The Balaban J connectivity index is 1.61. The van der Waals surface area contributed by atoms with E-state index in [0.717, 1.165) is 12.2 Å². The highest BCUT2D eigenvalue weighted by Crippen LogP contribution is 2.43. The lowest BCUT2D eigenvalue weighted by molar-refractivity contribution is -0.0429. The van der Waals surface area contributed by atoms with E-state index < -0.39 is 0 Å². The van der Waals surface area contributed by atoms with Crippen molar-refractivity contribution in [3.8, 4) is 0 Å². The lowest BCUT2D eigenvalue weighted by Crippen LogP contribution is -2.26. The Labute approximate surface area is 95.8 Å². The second-order valence-corrected chi connectivity index (χ2v) is 5.16. The number of nitrogen functional groups attached to an aromatic ring is 1. The maximum atomic E-state index is 6.22. The summed E-state index contributed by atoms with van der Waals surface area (Å²) in [6.07, 6.45) is 11.5. The van der Waals surface area contributed by atoms with E-state index in [-0.39, 0.29) is 5.60 Å². The zero-order valence-electron chi connectivity index (χ0n) is 9.56. The molecule has 2 fully saturated rings. The van der Waals surface area contributed by atoms with Crippen molar-refractivity contribution in [3.05, 3.63) is 12.4 Å². The number of aromatic nitrogens is 2. The predicted octanol–water partition coefficient (Wildman–Crippen LogP) is 1.96. The lowest BCUT2D eigenvalue weighted by atomic mass is 9.98. The van der Waals surface area contributed by atoms with Crippen molar-refractivity contribution in [2.75, 3.05) is 5.73 Å². The Bertz CT molecular complexity index is 368. The van der Waals surface area contributed by atoms with Crippen LogP contribution >= 0.6 is 0 Å². The molecule has 1 saturated carbocycles. The molecular weight excluding hydrogens is 202 g/mol. The Morgan fingerprint density at radius 1 is 1.44 bits per heavy atom. The van der Waals surface area contributed by atoms with E-state index in [9.17, 15) is 0 Å². The number of rotatable bonds is 2. The molecule has 88 valence electrons. The van der Waals surface area contributed by atoms with Crippen molar-refractivity contribution < 1.29 is 4.74 Å². The number of nitrogens with two attached hydrogens (primary N) is 1. The van der Waals surface area contributed by atoms with Crippen molar-refractivity contribution in [2.45, 2.75) is 56.8 Å². The topological polar surface area (TPSA) is 53.1 Å². The minimum absolute atomic E-state index is 0.226. The first kappa shape index (κ1) is 10.1. The molecule has 1 aliphatic heterocycles. The average Bonchev–Trinajstić information content (AvgIpc) is 2.94. The van der Waals surface area contributed by atoms with Gasteiger partial charge in [-0.05, 0) is 25.7 Å². The van der Waals surface area contributed by atoms with Gasteiger partial charge in [-0.25, -0.2) is 0 Å². The van der Waals surface area contributed by atoms with Gasteiger partial charge in [-0.15, -0.1) is 0 Å². The molecule has 2 heterocycles. The van der Waals surface area contributed by atoms with Gasteiger partial charge in [0.2, 0.25) is 0 Å². The van der Waals surface area contributed by atoms with Gasteiger partial charge in [0.05, 0.1) is 30.1 Å². The molecule has 1 saturated heterocycles. The number of hydrogen-bond donors (Lipinski definition) is 1. The third-order valence-corrected chi connectivity index (χ3v) is 3.90. The summed E-state index contributed by atoms with van der Waals surface area (Å²) >= 11 is 0. The second kappa shape index (κ2) is 3.77. The Hall–Kier alpha value is -1.03. The van der Waals surface area contributed by atoms with Gasteiger partial charge in [0.25, 0.3) is 0 Å². The highest BCUT2D eigenvalue weighted by molar-refractivity contribution is 5.30. The highest BCUT2D eigenvalue weighted by atomic mass is 16.5. The van der Waals surface area contributed by atoms with Gasteiger partial charge in [-0.2, -0.15) is 5.10 Å². The molecule has 4 heteroatoms. The molecule has 16 heavy (non-hydrogen) atoms. The predicted molar refractivity (Wildman–Crippen MR) is 61.9 cm³/mol. The molecule has 3 rings (SSSR count). The van der Waals surface area contributed by atoms with Crippen molar-refractivity contribution in [1.82, 2.24) is 9.78 Å². The summed E-state index contributed by atoms with van der Waals surface area (Å²) in [6, 6.07) is 0. The smallest absolute Gasteiger partial charge is 0.0779 e. The van der Waals surface area contributed by atoms with Crippen LogP contribution in [0.1, 0.15) is 38.5 Å². The number of ether oxygens (including phenoxy) is 1. The van der Waals surface area contributed by atoms with E-state index in [2.05, 4.69) is 5.10 Å². The van der Waals surface area contributed by atoms with Crippen LogP contribution in [0, 0.1) is 0 Å². The number of anilines is 1. The summed E-state index contributed by atoms with van der Waals surface area (Å²) in [7, 11) is 0. The normalized spacial score (nSPS) is 27.9. The maximum absolute atomic E-state index is 6.22. The van der Waals surface area contributed by atoms with Crippen molar-refractivity contribution in [3.63, 3.8) is 0 Å². The van der Waals surface area contributed by atoms with Crippen molar-refractivity contribution >= 4 is 5.69 Å². The lowest BCUT2D eigenvalue weighted by Gasteiger charge is -2.23. The first-order valence-electron chi connectivity index (χ1n) is 6.22. The SMILES string of the molecule is Nc1cnn(CC2CCC3(CCCC3)O2)c1. The fraction of sp³-hybridized carbons (Fsp3) is 0.750. The molecule has 0 radical (unpaired) electrons. The molecule has 4 nitrogen and oxygen atoms in total. The van der Waals surface area contributed by atoms with E-state index >= 15 is 0 Å². The Morgan fingerprint density at radius 3 is 2.94 bits per heavy atom. The second-order valence-electron chi connectivity index (χ2n) is 5.16. The number of hydrogen-bond acceptors (Lipinski definition) is 3. The summed E-state index contributed by atoms with van der Waals surface area (Å²) in [5.74, 6) is 0. The zero-order valence-corrected chi connectivity index (χ0v) is 9.56. The molecule has 1 aliphatic carbocycles. The minimum Gasteiger partial charge on any atom is -0.396 e. The first-order chi connectivity index (χ1) is 7.76. The van der Waals surface area contributed by atoms with Gasteiger partial charge in [-0.1, -0.05) is 12.8 Å². The van der Waals surface area contributed by atoms with Crippen LogP contribution in [0.25, 0.3) is 0 Å². The molecule has 2 aliphatic rings. The van der Waals surface area contributed by atoms with Crippen LogP contribution in [-0.2, 0) is 11.3 Å². The summed E-state index contributed by atoms with van der Waals surface area (Å²) in [5.41, 5.74) is 6.60. The van der Waals surface area contributed by atoms with Gasteiger partial charge in [0, 0.05) is 6.20 Å². The fourth-order valence-corrected chi connectivity index (χ4v) is 3.10. The molecule has 2 N–H and O–H groups in total. The Morgan fingerprint density at radius 2 is 2.25 bits per heavy atom. The standard InChI is InChI=1S/C12H19N3O/c13-10-7-14-15(8-10)9-11-3-6-12(16-11)4-1-2-5-12/h7-8,11H,1-6,9,13H2. The van der Waals surface area contributed by atoms with Crippen LogP contribution in [0.15, 0.2) is 12.4 Å². The van der Waals surface area contributed by atoms with E-state index in [0.29, 0.717) is 6.10 Å². The summed E-state index contributed by atoms with van der Waals surface area (Å²) in [4.78, 5) is 0. The third-order valence-electron chi connectivity index (χ3n) is 3.90. The van der Waals surface area contributed by atoms with Crippen LogP contribution in [0.3, 0.4) is 0 Å². The fourth-order valence-electron chi connectivity index (χ4n) is 3.10. The van der Waals surface area contributed by atoms with E-state index in [1.54, 1.807) is 6.20 Å². The van der Waals surface area contributed by atoms with Gasteiger partial charge < -0.3 is 10.5 Å². The molecule has 0 aromatic carbocycles. The molecule has 0 amide bonds. The summed E-state index contributed by atoms with van der Waals surface area (Å²) in [6.45, 7) is 0.846. The van der Waals surface area contributed by atoms with Gasteiger partial charge in [0.15, 0.2) is 0 Å². The summed E-state index contributed by atoms with van der Waals surface area (Å²) < 4.78 is 8.12. The molecule has 1 unspecified atom stereocenters. The van der Waals surface area contributed by atoms with E-state index in [4.69, 9.17) is 10.5 Å². The number of nitrogens with zero attached hydrogens (tertiary/aromatic N) is 2. The molecule has 1 spiro atoms. The van der Waals surface area contributed by atoms with E-state index in [1.165, 1.54) is 38.5 Å². The van der Waals surface area contributed by atoms with Crippen LogP contribution < -0.4 is 5.73 Å². The maximum Gasteiger partial charge on any atom is 0.0779 e. The third kappa shape index (κ3) is 1.82. The average molecular weight is 221 g/mol. The molecule has 1 atom stereocenters. The Kier molecular flexibility index (Phi) is 2.39. The van der Waals surface area contributed by atoms with Crippen molar-refractivity contribution in [1.29, 1.82) is 0 Å². The molecule has 1 aromatic rings. The van der Waals surface area contributed by atoms with Gasteiger partial charge in [0.1, 0.15) is 0 Å². The van der Waals surface area contributed by atoms with Crippen LogP contribution in [0.2, 0.25) is 0 Å². The van der Waals surface area contributed by atoms with E-state index in [1.807, 2.05) is 10.9 Å². The van der Waals surface area contributed by atoms with Crippen LogP contribution in [-0.4, -0.2) is 21.5 Å². The van der Waals surface area contributed by atoms with Gasteiger partial charge in [-0.3, -0.25) is 4.68 Å². The first-order valence-corrected chi connectivity index (χ1v) is 6.22. The monoisotopic (exact) mass is 221 g/mol. The molecule has 0 bridgehead atoms. The quantitative estimate of drug-likeness (QED) is 0.830. The summed E-state index contributed by atoms with van der Waals surface area (Å²) in [5, 5.41) is 4.21. The minimum atomic E-state index is 0.226. The van der Waals surface area contributed by atoms with Crippen LogP contribution in [0.5, 0.6) is 0 Å². The largest absolute Gasteiger partial charge is 0.396 e. The molecular formula is C12H19N3O.